The lowest BCUT2D eigenvalue weighted by Gasteiger charge is -2.26. The van der Waals surface area contributed by atoms with E-state index in [1.165, 1.54) is 6.08 Å². The molecule has 132 valence electrons. The zero-order chi connectivity index (χ0) is 17.9. The third kappa shape index (κ3) is 3.36. The van der Waals surface area contributed by atoms with E-state index in [9.17, 15) is 4.79 Å². The molecule has 1 aliphatic heterocycles. The van der Waals surface area contributed by atoms with Gasteiger partial charge in [0, 0.05) is 12.3 Å². The number of benzene rings is 1. The van der Waals surface area contributed by atoms with Gasteiger partial charge in [-0.25, -0.2) is 4.98 Å². The van der Waals surface area contributed by atoms with Crippen LogP contribution in [0.2, 0.25) is 5.15 Å². The highest BCUT2D eigenvalue weighted by Gasteiger charge is 2.20. The van der Waals surface area contributed by atoms with Gasteiger partial charge in [0.15, 0.2) is 16.7 Å². The molecule has 1 unspecified atom stereocenters. The van der Waals surface area contributed by atoms with E-state index >= 15 is 0 Å². The number of halogens is 1. The van der Waals surface area contributed by atoms with Crippen LogP contribution in [0.15, 0.2) is 54.7 Å². The fourth-order valence-corrected chi connectivity index (χ4v) is 2.97. The second kappa shape index (κ2) is 7.09. The van der Waals surface area contributed by atoms with E-state index in [4.69, 9.17) is 21.1 Å². The zero-order valence-corrected chi connectivity index (χ0v) is 14.5. The van der Waals surface area contributed by atoms with Gasteiger partial charge in [-0.2, -0.15) is 0 Å². The number of nitrogens with one attached hydrogen (secondary N) is 1. The summed E-state index contributed by atoms with van der Waals surface area (Å²) in [6, 6.07) is 13.1. The Bertz CT molecular complexity index is 983. The molecule has 0 saturated heterocycles. The summed E-state index contributed by atoms with van der Waals surface area (Å²) in [6.45, 7) is 0.735. The number of aromatic nitrogens is 2. The summed E-state index contributed by atoms with van der Waals surface area (Å²) >= 11 is 6.15. The van der Waals surface area contributed by atoms with Crippen LogP contribution < -0.4 is 14.8 Å². The fraction of sp³-hybridized carbons (Fsp3) is 0.158. The van der Waals surface area contributed by atoms with Gasteiger partial charge in [0.2, 0.25) is 5.91 Å². The number of amides is 1. The van der Waals surface area contributed by atoms with Gasteiger partial charge in [0.05, 0.1) is 12.2 Å². The van der Waals surface area contributed by atoms with E-state index in [0.717, 1.165) is 11.4 Å². The smallest absolute Gasteiger partial charge is 0.244 e. The molecule has 0 bridgehead atoms. The number of rotatable bonds is 4. The Morgan fingerprint density at radius 3 is 2.96 bits per heavy atom. The van der Waals surface area contributed by atoms with Crippen molar-refractivity contribution in [3.05, 3.63) is 65.6 Å². The summed E-state index contributed by atoms with van der Waals surface area (Å²) in [4.78, 5) is 16.3. The van der Waals surface area contributed by atoms with Crippen LogP contribution in [-0.2, 0) is 4.79 Å². The van der Waals surface area contributed by atoms with Gasteiger partial charge in [0.1, 0.15) is 18.4 Å². The Morgan fingerprint density at radius 1 is 1.27 bits per heavy atom. The molecule has 4 rings (SSSR count). The van der Waals surface area contributed by atoms with E-state index in [1.807, 2.05) is 53.1 Å². The van der Waals surface area contributed by atoms with Crippen molar-refractivity contribution in [1.29, 1.82) is 0 Å². The van der Waals surface area contributed by atoms with Crippen LogP contribution >= 0.6 is 11.6 Å². The van der Waals surface area contributed by atoms with Gasteiger partial charge >= 0.3 is 0 Å². The fourth-order valence-electron chi connectivity index (χ4n) is 2.73. The molecule has 1 N–H and O–H groups in total. The molecule has 3 heterocycles. The molecule has 6 nitrogen and oxygen atoms in total. The minimum absolute atomic E-state index is 0.235. The first-order chi connectivity index (χ1) is 12.7. The van der Waals surface area contributed by atoms with Crippen molar-refractivity contribution in [2.45, 2.75) is 6.10 Å². The monoisotopic (exact) mass is 369 g/mol. The first kappa shape index (κ1) is 16.5. The summed E-state index contributed by atoms with van der Waals surface area (Å²) in [6.07, 6.45) is 4.68. The number of hydrogen-bond donors (Lipinski definition) is 1. The Labute approximate surface area is 155 Å². The van der Waals surface area contributed by atoms with Crippen molar-refractivity contribution in [2.75, 3.05) is 13.2 Å². The number of hydrogen-bond acceptors (Lipinski definition) is 4. The summed E-state index contributed by atoms with van der Waals surface area (Å²) in [5, 5.41) is 3.16. The molecule has 0 spiro atoms. The molecule has 1 amide bonds. The second-order valence-electron chi connectivity index (χ2n) is 5.79. The normalized spacial score (nSPS) is 16.1. The Kier molecular flexibility index (Phi) is 4.50. The predicted molar refractivity (Wildman–Crippen MR) is 98.6 cm³/mol. The highest BCUT2D eigenvalue weighted by atomic mass is 35.5. The first-order valence-electron chi connectivity index (χ1n) is 8.18. The number of carbonyl (C=O) groups is 1. The molecule has 0 radical (unpaired) electrons. The lowest BCUT2D eigenvalue weighted by atomic mass is 10.2. The molecular weight excluding hydrogens is 354 g/mol. The number of pyridine rings is 1. The third-order valence-electron chi connectivity index (χ3n) is 3.99. The molecule has 0 aliphatic carbocycles. The number of para-hydroxylation sites is 2. The molecule has 1 aromatic carbocycles. The van der Waals surface area contributed by atoms with Gasteiger partial charge in [-0.05, 0) is 30.3 Å². The highest BCUT2D eigenvalue weighted by Crippen LogP contribution is 2.30. The number of fused-ring (bicyclic) bond motifs is 2. The van der Waals surface area contributed by atoms with Gasteiger partial charge in [-0.1, -0.05) is 29.8 Å². The van der Waals surface area contributed by atoms with Crippen LogP contribution in [0.5, 0.6) is 11.5 Å². The maximum absolute atomic E-state index is 12.1. The van der Waals surface area contributed by atoms with Gasteiger partial charge in [-0.3, -0.25) is 9.20 Å². The Balaban J connectivity index is 1.37. The minimum atomic E-state index is -0.241. The number of carbonyl (C=O) groups excluding carboxylic acids is 1. The Hall–Kier alpha value is -2.99. The topological polar surface area (TPSA) is 64.9 Å². The van der Waals surface area contributed by atoms with Crippen LogP contribution in [0.4, 0.5) is 0 Å². The average Bonchev–Trinajstić information content (AvgIpc) is 2.99. The van der Waals surface area contributed by atoms with Crippen LogP contribution in [0.1, 0.15) is 5.69 Å². The van der Waals surface area contributed by atoms with Gasteiger partial charge < -0.3 is 14.8 Å². The van der Waals surface area contributed by atoms with Crippen LogP contribution in [-0.4, -0.2) is 34.5 Å². The van der Waals surface area contributed by atoms with Crippen LogP contribution in [0.25, 0.3) is 11.7 Å². The van der Waals surface area contributed by atoms with Gasteiger partial charge in [0.25, 0.3) is 0 Å². The molecular formula is C19H16ClN3O3. The predicted octanol–water partition coefficient (Wildman–Crippen LogP) is 2.96. The van der Waals surface area contributed by atoms with Gasteiger partial charge in [-0.15, -0.1) is 0 Å². The average molecular weight is 370 g/mol. The lowest BCUT2D eigenvalue weighted by Crippen LogP contribution is -2.40. The van der Waals surface area contributed by atoms with Crippen molar-refractivity contribution in [1.82, 2.24) is 14.7 Å². The number of imidazole rings is 1. The van der Waals surface area contributed by atoms with Crippen molar-refractivity contribution < 1.29 is 14.3 Å². The molecule has 0 saturated carbocycles. The number of ether oxygens (including phenoxy) is 2. The van der Waals surface area contributed by atoms with Crippen LogP contribution in [0.3, 0.4) is 0 Å². The van der Waals surface area contributed by atoms with E-state index in [2.05, 4.69) is 10.3 Å². The zero-order valence-electron chi connectivity index (χ0n) is 13.8. The molecule has 3 aromatic rings. The lowest BCUT2D eigenvalue weighted by molar-refractivity contribution is -0.116. The van der Waals surface area contributed by atoms with Crippen LogP contribution in [0, 0.1) is 0 Å². The van der Waals surface area contributed by atoms with E-state index in [0.29, 0.717) is 29.7 Å². The SMILES string of the molecule is O=C(C=Cc1c(Cl)nc2ccccn12)NCC1COc2ccccc2O1. The number of nitrogens with zero attached hydrogens (tertiary/aromatic N) is 2. The summed E-state index contributed by atoms with van der Waals surface area (Å²) < 4.78 is 13.3. The highest BCUT2D eigenvalue weighted by molar-refractivity contribution is 6.31. The van der Waals surface area contributed by atoms with Crippen molar-refractivity contribution >= 4 is 29.2 Å². The minimum Gasteiger partial charge on any atom is -0.486 e. The first-order valence-corrected chi connectivity index (χ1v) is 8.55. The summed E-state index contributed by atoms with van der Waals surface area (Å²) in [5.41, 5.74) is 1.38. The van der Waals surface area contributed by atoms with E-state index in [-0.39, 0.29) is 12.0 Å². The largest absolute Gasteiger partial charge is 0.486 e. The summed E-state index contributed by atoms with van der Waals surface area (Å²) in [7, 11) is 0. The molecule has 0 fully saturated rings. The maximum atomic E-state index is 12.1. The standard InChI is InChI=1S/C19H16ClN3O3/c20-19-14(23-10-4-3-7-17(23)22-19)8-9-18(24)21-11-13-12-25-15-5-1-2-6-16(15)26-13/h1-10,13H,11-12H2,(H,21,24). The quantitative estimate of drug-likeness (QED) is 0.718. The molecule has 7 heteroatoms. The van der Waals surface area contributed by atoms with Crippen molar-refractivity contribution in [3.8, 4) is 11.5 Å². The Morgan fingerprint density at radius 2 is 2.08 bits per heavy atom. The van der Waals surface area contributed by atoms with E-state index in [1.54, 1.807) is 6.08 Å². The summed E-state index contributed by atoms with van der Waals surface area (Å²) in [5.74, 6) is 1.16. The molecule has 2 aromatic heterocycles. The second-order valence-corrected chi connectivity index (χ2v) is 6.15. The van der Waals surface area contributed by atoms with Crippen molar-refractivity contribution in [3.63, 3.8) is 0 Å². The molecule has 1 aliphatic rings. The van der Waals surface area contributed by atoms with E-state index < -0.39 is 0 Å². The third-order valence-corrected chi connectivity index (χ3v) is 4.26. The molecule has 26 heavy (non-hydrogen) atoms. The molecule has 1 atom stereocenters. The maximum Gasteiger partial charge on any atom is 0.244 e. The van der Waals surface area contributed by atoms with Crippen molar-refractivity contribution in [2.24, 2.45) is 0 Å².